The van der Waals surface area contributed by atoms with Gasteiger partial charge in [0.05, 0.1) is 0 Å². The maximum absolute atomic E-state index is 3.79. The third kappa shape index (κ3) is 1.13. The Bertz CT molecular complexity index is 112. The molecule has 7 heavy (non-hydrogen) atoms. The van der Waals surface area contributed by atoms with E-state index in [0.717, 1.165) is 0 Å². The number of rotatable bonds is 0. The second-order valence-corrected chi connectivity index (χ2v) is 2.58. The Morgan fingerprint density at radius 3 is 1.57 bits per heavy atom. The molecule has 0 bridgehead atoms. The summed E-state index contributed by atoms with van der Waals surface area (Å²) >= 11 is 7.58. The molecule has 0 aromatic carbocycles. The Labute approximate surface area is 50.9 Å². The summed E-state index contributed by atoms with van der Waals surface area (Å²) in [6.45, 7) is 0. The van der Waals surface area contributed by atoms with Crippen LogP contribution in [-0.4, -0.2) is 4.33 Å². The zero-order valence-corrected chi connectivity index (χ0v) is 4.97. The first kappa shape index (κ1) is 5.04. The molecule has 0 atom stereocenters. The molecule has 0 spiro atoms. The van der Waals surface area contributed by atoms with E-state index in [1.165, 1.54) is 0 Å². The quantitative estimate of drug-likeness (QED) is 0.370. The maximum Gasteiger partial charge on any atom is 0.281 e. The minimum atomic E-state index is -1.00. The first-order valence-electron chi connectivity index (χ1n) is 1.49. The third-order valence-corrected chi connectivity index (χ3v) is 0.756. The van der Waals surface area contributed by atoms with Gasteiger partial charge in [0.2, 0.25) is 0 Å². The van der Waals surface area contributed by atoms with Crippen LogP contribution in [0.4, 0.5) is 0 Å². The molecule has 1 rings (SSSR count). The van der Waals surface area contributed by atoms with Crippen LogP contribution in [0.2, 0.25) is 0 Å². The molecular weight excluding hydrogens is 132 g/mol. The Morgan fingerprint density at radius 1 is 1.00 bits per heavy atom. The van der Waals surface area contributed by atoms with E-state index in [0.29, 0.717) is 0 Å². The highest BCUT2D eigenvalue weighted by molar-refractivity contribution is 8.00. The van der Waals surface area contributed by atoms with Gasteiger partial charge in [0.25, 0.3) is 4.33 Å². The third-order valence-electron chi connectivity index (χ3n) is 0.398. The van der Waals surface area contributed by atoms with Crippen LogP contribution in [-0.2, 0) is 0 Å². The van der Waals surface area contributed by atoms with Gasteiger partial charge in [0.1, 0.15) is 0 Å². The Hall–Kier alpha value is -0.100. The van der Waals surface area contributed by atoms with Crippen LogP contribution in [0, 0.1) is 0 Å². The predicted molar refractivity (Wildman–Crippen MR) is 30.4 cm³/mol. The largest absolute Gasteiger partial charge is 0.281 e. The van der Waals surface area contributed by atoms with Crippen molar-refractivity contribution < 1.29 is 0 Å². The van der Waals surface area contributed by atoms with Crippen molar-refractivity contribution in [3.05, 3.63) is 0 Å². The topological polar surface area (TPSA) is 49.4 Å². The van der Waals surface area contributed by atoms with Gasteiger partial charge < -0.3 is 0 Å². The molecule has 1 aliphatic heterocycles. The minimum Gasteiger partial charge on any atom is -0.112 e. The van der Waals surface area contributed by atoms with Crippen LogP contribution in [0.3, 0.4) is 0 Å². The molecule has 1 aliphatic rings. The predicted octanol–water partition coefficient (Wildman–Crippen LogP) is 1.29. The monoisotopic (exact) mass is 134 g/mol. The molecule has 0 saturated heterocycles. The van der Waals surface area contributed by atoms with Crippen molar-refractivity contribution in [1.82, 2.24) is 0 Å². The molecular formula is CH2N4S2. The molecule has 4 nitrogen and oxygen atoms in total. The number of thiol groups is 2. The summed E-state index contributed by atoms with van der Waals surface area (Å²) in [5, 5.41) is 13.1. The second kappa shape index (κ2) is 1.45. The second-order valence-electron chi connectivity index (χ2n) is 0.979. The van der Waals surface area contributed by atoms with Gasteiger partial charge in [-0.3, -0.25) is 0 Å². The van der Waals surface area contributed by atoms with Gasteiger partial charge in [-0.2, -0.15) is 0 Å². The van der Waals surface area contributed by atoms with Crippen molar-refractivity contribution in [3.63, 3.8) is 0 Å². The van der Waals surface area contributed by atoms with E-state index in [2.05, 4.69) is 45.9 Å². The lowest BCUT2D eigenvalue weighted by Crippen LogP contribution is -1.97. The average Bonchev–Trinajstić information content (AvgIpc) is 1.84. The van der Waals surface area contributed by atoms with E-state index in [-0.39, 0.29) is 0 Å². The number of nitrogens with zero attached hydrogens (tertiary/aromatic N) is 4. The number of hydrogen-bond donors (Lipinski definition) is 2. The van der Waals surface area contributed by atoms with Crippen molar-refractivity contribution in [1.29, 1.82) is 0 Å². The van der Waals surface area contributed by atoms with Gasteiger partial charge in [0, 0.05) is 0 Å². The first-order valence-corrected chi connectivity index (χ1v) is 2.39. The summed E-state index contributed by atoms with van der Waals surface area (Å²) in [6.07, 6.45) is 0. The highest BCUT2D eigenvalue weighted by Crippen LogP contribution is 2.27. The standard InChI is InChI=1S/CH2N4S2/c6-1(7)2-4-5-3-1/h6-7H. The smallest absolute Gasteiger partial charge is 0.112 e. The normalized spacial score (nSPS) is 23.7. The molecule has 0 aromatic rings. The minimum absolute atomic E-state index is 1.00. The van der Waals surface area contributed by atoms with E-state index < -0.39 is 4.33 Å². The molecule has 0 radical (unpaired) electrons. The van der Waals surface area contributed by atoms with Crippen LogP contribution in [0.1, 0.15) is 0 Å². The van der Waals surface area contributed by atoms with Crippen molar-refractivity contribution in [2.75, 3.05) is 0 Å². The highest BCUT2D eigenvalue weighted by atomic mass is 32.2. The van der Waals surface area contributed by atoms with Gasteiger partial charge in [-0.05, 0) is 10.4 Å². The molecule has 0 saturated carbocycles. The Morgan fingerprint density at radius 2 is 1.43 bits per heavy atom. The molecule has 0 fully saturated rings. The van der Waals surface area contributed by atoms with Crippen molar-refractivity contribution in [2.45, 2.75) is 4.33 Å². The van der Waals surface area contributed by atoms with E-state index in [9.17, 15) is 0 Å². The number of hydrogen-bond acceptors (Lipinski definition) is 6. The van der Waals surface area contributed by atoms with E-state index in [1.807, 2.05) is 0 Å². The zero-order valence-electron chi connectivity index (χ0n) is 3.18. The molecule has 0 aliphatic carbocycles. The van der Waals surface area contributed by atoms with Crippen LogP contribution in [0.25, 0.3) is 0 Å². The Balaban J connectivity index is 2.77. The summed E-state index contributed by atoms with van der Waals surface area (Å²) in [5.41, 5.74) is 0. The van der Waals surface area contributed by atoms with Gasteiger partial charge in [-0.25, -0.2) is 0 Å². The molecule has 1 heterocycles. The molecule has 0 amide bonds. The van der Waals surface area contributed by atoms with E-state index in [4.69, 9.17) is 0 Å². The van der Waals surface area contributed by atoms with Gasteiger partial charge in [-0.15, -0.1) is 35.5 Å². The van der Waals surface area contributed by atoms with Crippen molar-refractivity contribution >= 4 is 25.3 Å². The van der Waals surface area contributed by atoms with Gasteiger partial charge in [0.15, 0.2) is 0 Å². The van der Waals surface area contributed by atoms with Crippen LogP contribution in [0.15, 0.2) is 20.7 Å². The lowest BCUT2D eigenvalue weighted by atomic mass is 11.2. The van der Waals surface area contributed by atoms with Crippen LogP contribution in [0.5, 0.6) is 0 Å². The maximum atomic E-state index is 3.79. The Kier molecular flexibility index (Phi) is 1.04. The summed E-state index contributed by atoms with van der Waals surface area (Å²) in [7, 11) is 0. The SMILES string of the molecule is SC1(S)N=NN=N1. The lowest BCUT2D eigenvalue weighted by molar-refractivity contribution is 0.913. The fourth-order valence-corrected chi connectivity index (χ4v) is 0.340. The summed E-state index contributed by atoms with van der Waals surface area (Å²) in [5.74, 6) is 0. The fraction of sp³-hybridized carbons (Fsp3) is 1.00. The van der Waals surface area contributed by atoms with Crippen LogP contribution < -0.4 is 0 Å². The fourth-order valence-electron chi connectivity index (χ4n) is 0.180. The average molecular weight is 134 g/mol. The molecule has 0 N–H and O–H groups in total. The molecule has 0 aromatic heterocycles. The highest BCUT2D eigenvalue weighted by Gasteiger charge is 2.20. The molecule has 0 unspecified atom stereocenters. The van der Waals surface area contributed by atoms with Crippen molar-refractivity contribution in [2.24, 2.45) is 20.7 Å². The molecule has 6 heteroatoms. The van der Waals surface area contributed by atoms with Crippen molar-refractivity contribution in [3.8, 4) is 0 Å². The zero-order chi connectivity index (χ0) is 5.33. The van der Waals surface area contributed by atoms with Gasteiger partial charge in [-0.1, -0.05) is 0 Å². The molecule has 38 valence electrons. The summed E-state index contributed by atoms with van der Waals surface area (Å²) in [6, 6.07) is 0. The summed E-state index contributed by atoms with van der Waals surface area (Å²) < 4.78 is -1.00. The van der Waals surface area contributed by atoms with Gasteiger partial charge >= 0.3 is 0 Å². The summed E-state index contributed by atoms with van der Waals surface area (Å²) in [4.78, 5) is 0. The van der Waals surface area contributed by atoms with E-state index in [1.54, 1.807) is 0 Å². The van der Waals surface area contributed by atoms with E-state index >= 15 is 0 Å². The lowest BCUT2D eigenvalue weighted by Gasteiger charge is -1.97. The van der Waals surface area contributed by atoms with Crippen LogP contribution >= 0.6 is 25.3 Å². The first-order chi connectivity index (χ1) is 3.21.